The molecule has 4 N–H and O–H groups in total. The second kappa shape index (κ2) is 19.1. The van der Waals surface area contributed by atoms with Crippen LogP contribution in [0.5, 0.6) is 34.8 Å². The molecule has 0 atom stereocenters. The Bertz CT molecular complexity index is 2300. The number of morpholine rings is 2. The number of nitrogens with two attached hydrogens (primary N) is 2. The third-order valence-corrected chi connectivity index (χ3v) is 9.80. The van der Waals surface area contributed by atoms with Crippen molar-refractivity contribution >= 4 is 49.1 Å². The number of fused-ring (bicyclic) bond motifs is 2. The molecule has 2 aromatic carbocycles. The van der Waals surface area contributed by atoms with E-state index in [-0.39, 0.29) is 11.5 Å². The molecular weight excluding hydrogens is 806 g/mol. The van der Waals surface area contributed by atoms with Gasteiger partial charge in [-0.05, 0) is 52.3 Å². The van der Waals surface area contributed by atoms with Crippen LogP contribution in [0.25, 0.3) is 21.8 Å². The summed E-state index contributed by atoms with van der Waals surface area (Å²) in [5.41, 5.74) is 13.1. The van der Waals surface area contributed by atoms with Crippen LogP contribution in [0.3, 0.4) is 0 Å². The first-order valence-corrected chi connectivity index (χ1v) is 19.1. The summed E-state index contributed by atoms with van der Waals surface area (Å²) < 4.78 is 62.5. The summed E-state index contributed by atoms with van der Waals surface area (Å²) in [6.45, 7) is 9.30. The fraction of sp³-hybridized carbons (Fsp3) is 0.300. The molecule has 0 aliphatic carbocycles. The monoisotopic (exact) mass is 846 g/mol. The van der Waals surface area contributed by atoms with Gasteiger partial charge >= 0.3 is 0 Å². The zero-order valence-electron chi connectivity index (χ0n) is 30.9. The van der Waals surface area contributed by atoms with Crippen LogP contribution in [-0.4, -0.2) is 109 Å². The highest BCUT2D eigenvalue weighted by molar-refractivity contribution is 9.10. The fourth-order valence-electron chi connectivity index (χ4n) is 6.03. The van der Waals surface area contributed by atoms with Gasteiger partial charge in [0, 0.05) is 93.6 Å². The van der Waals surface area contributed by atoms with Crippen molar-refractivity contribution in [3.05, 3.63) is 95.5 Å². The summed E-state index contributed by atoms with van der Waals surface area (Å²) in [6.07, 6.45) is 6.43. The number of nitrogen functional groups attached to an aromatic ring is 2. The molecule has 0 spiro atoms. The van der Waals surface area contributed by atoms with Crippen LogP contribution in [0.4, 0.5) is 20.2 Å². The second-order valence-corrected chi connectivity index (χ2v) is 13.8. The molecule has 14 nitrogen and oxygen atoms in total. The summed E-state index contributed by atoms with van der Waals surface area (Å²) in [5, 5.41) is 1.30. The Morgan fingerprint density at radius 1 is 0.632 bits per heavy atom. The molecule has 0 radical (unpaired) electrons. The molecule has 298 valence electrons. The number of anilines is 2. The van der Waals surface area contributed by atoms with Crippen molar-refractivity contribution in [2.24, 2.45) is 0 Å². The Morgan fingerprint density at radius 2 is 1.18 bits per heavy atom. The molecule has 0 saturated carbocycles. The lowest BCUT2D eigenvalue weighted by atomic mass is 10.2. The smallest absolute Gasteiger partial charge is 0.230 e. The third kappa shape index (κ3) is 10.5. The minimum atomic E-state index is -0.537. The number of nitrogens with zero attached hydrogens (tertiary/aromatic N) is 6. The van der Waals surface area contributed by atoms with Gasteiger partial charge in [-0.25, -0.2) is 18.7 Å². The summed E-state index contributed by atoms with van der Waals surface area (Å²) in [7, 11) is 0. The first-order chi connectivity index (χ1) is 27.8. The Labute approximate surface area is 335 Å². The van der Waals surface area contributed by atoms with E-state index in [1.807, 2.05) is 0 Å². The van der Waals surface area contributed by atoms with Gasteiger partial charge in [0.05, 0.1) is 48.2 Å². The van der Waals surface area contributed by atoms with E-state index < -0.39 is 11.6 Å². The molecule has 6 heterocycles. The standard InChI is InChI=1S/C20H20BrFN4O3.C20H21FN4O3/c21-18-19-14(12-25-20(18)28-10-7-26-5-8-27-9-6-26)16(3-4-24-19)29-17-2-1-13(23)11-15(17)22;21-16-11-14(22)1-2-19(16)28-18-3-4-23-17-12-20(24-13-15(17)18)27-10-7-25-5-8-26-9-6-25/h1-4,11-12H,5-10,23H2;1-4,11-13H,5-10,22H2. The SMILES string of the molecule is Nc1ccc(Oc2ccnc3c(Br)c(OCCN4CCOCC4)ncc23)c(F)c1.Nc1ccc(Oc2ccnc3cc(OCCN4CCOCC4)ncc23)c(F)c1. The highest BCUT2D eigenvalue weighted by atomic mass is 79.9. The minimum absolute atomic E-state index is 0.0775. The maximum absolute atomic E-state index is 14.1. The van der Waals surface area contributed by atoms with Gasteiger partial charge in [-0.1, -0.05) is 0 Å². The first-order valence-electron chi connectivity index (χ1n) is 18.3. The van der Waals surface area contributed by atoms with Crippen molar-refractivity contribution in [3.63, 3.8) is 0 Å². The minimum Gasteiger partial charge on any atom is -0.476 e. The van der Waals surface area contributed by atoms with Crippen LogP contribution in [0.2, 0.25) is 0 Å². The van der Waals surface area contributed by atoms with Crippen LogP contribution in [0.15, 0.2) is 83.9 Å². The van der Waals surface area contributed by atoms with E-state index in [9.17, 15) is 8.78 Å². The number of aromatic nitrogens is 4. The number of pyridine rings is 4. The van der Waals surface area contributed by atoms with Gasteiger partial charge in [-0.2, -0.15) is 0 Å². The molecule has 2 saturated heterocycles. The van der Waals surface area contributed by atoms with Crippen molar-refractivity contribution in [1.29, 1.82) is 0 Å². The number of ether oxygens (including phenoxy) is 6. The maximum atomic E-state index is 14.1. The molecule has 0 bridgehead atoms. The lowest BCUT2D eigenvalue weighted by molar-refractivity contribution is 0.0319. The molecule has 0 amide bonds. The van der Waals surface area contributed by atoms with Crippen LogP contribution in [0, 0.1) is 11.6 Å². The Kier molecular flexibility index (Phi) is 13.3. The number of rotatable bonds is 12. The lowest BCUT2D eigenvalue weighted by Gasteiger charge is -2.26. The van der Waals surface area contributed by atoms with Gasteiger partial charge in [-0.15, -0.1) is 0 Å². The van der Waals surface area contributed by atoms with E-state index in [2.05, 4.69) is 45.7 Å². The summed E-state index contributed by atoms with van der Waals surface area (Å²) in [4.78, 5) is 22.0. The van der Waals surface area contributed by atoms with Crippen LogP contribution < -0.4 is 30.4 Å². The molecule has 0 unspecified atom stereocenters. The first kappa shape index (κ1) is 39.8. The number of hydrogen-bond donors (Lipinski definition) is 2. The highest BCUT2D eigenvalue weighted by Gasteiger charge is 2.17. The summed E-state index contributed by atoms with van der Waals surface area (Å²) in [5.74, 6) is 0.943. The topological polar surface area (TPSA) is 165 Å². The molecule has 17 heteroatoms. The van der Waals surface area contributed by atoms with E-state index in [1.165, 1.54) is 24.3 Å². The van der Waals surface area contributed by atoms with E-state index in [0.29, 0.717) is 74.1 Å². The van der Waals surface area contributed by atoms with E-state index in [4.69, 9.17) is 39.9 Å². The van der Waals surface area contributed by atoms with Crippen molar-refractivity contribution in [2.75, 3.05) is 90.4 Å². The van der Waals surface area contributed by atoms with Crippen molar-refractivity contribution in [2.45, 2.75) is 0 Å². The van der Waals surface area contributed by atoms with E-state index in [0.717, 1.165) is 65.7 Å². The third-order valence-electron chi connectivity index (χ3n) is 9.08. The Morgan fingerprint density at radius 3 is 1.77 bits per heavy atom. The van der Waals surface area contributed by atoms with Gasteiger partial charge in [0.25, 0.3) is 0 Å². The zero-order valence-corrected chi connectivity index (χ0v) is 32.5. The van der Waals surface area contributed by atoms with Crippen LogP contribution in [-0.2, 0) is 9.47 Å². The quantitative estimate of drug-likeness (QED) is 0.129. The highest BCUT2D eigenvalue weighted by Crippen LogP contribution is 2.37. The zero-order chi connectivity index (χ0) is 39.6. The molecule has 4 aromatic heterocycles. The normalized spacial score (nSPS) is 14.9. The molecule has 2 aliphatic rings. The average molecular weight is 848 g/mol. The molecule has 2 aliphatic heterocycles. The molecule has 6 aromatic rings. The number of halogens is 3. The average Bonchev–Trinajstić information content (AvgIpc) is 3.22. The van der Waals surface area contributed by atoms with Gasteiger partial charge in [0.2, 0.25) is 11.8 Å². The van der Waals surface area contributed by atoms with Gasteiger partial charge < -0.3 is 39.9 Å². The van der Waals surface area contributed by atoms with E-state index >= 15 is 0 Å². The largest absolute Gasteiger partial charge is 0.476 e. The van der Waals surface area contributed by atoms with Crippen molar-refractivity contribution < 1.29 is 37.2 Å². The number of benzene rings is 2. The molecule has 8 rings (SSSR count). The molecular formula is C40H41BrF2N8O6. The summed E-state index contributed by atoms with van der Waals surface area (Å²) >= 11 is 3.52. The van der Waals surface area contributed by atoms with Crippen molar-refractivity contribution in [1.82, 2.24) is 29.7 Å². The molecule has 2 fully saturated rings. The van der Waals surface area contributed by atoms with Gasteiger partial charge in [0.1, 0.15) is 29.2 Å². The predicted octanol–water partition coefficient (Wildman–Crippen LogP) is 6.47. The second-order valence-electron chi connectivity index (χ2n) is 13.0. The Balaban J connectivity index is 0.000000174. The molecule has 57 heavy (non-hydrogen) atoms. The fourth-order valence-corrected chi connectivity index (χ4v) is 6.56. The van der Waals surface area contributed by atoms with Crippen molar-refractivity contribution in [3.8, 4) is 34.8 Å². The van der Waals surface area contributed by atoms with Gasteiger partial charge in [-0.3, -0.25) is 19.8 Å². The van der Waals surface area contributed by atoms with Crippen LogP contribution >= 0.6 is 15.9 Å². The van der Waals surface area contributed by atoms with Gasteiger partial charge in [0.15, 0.2) is 23.1 Å². The van der Waals surface area contributed by atoms with E-state index in [1.54, 1.807) is 55.1 Å². The lowest BCUT2D eigenvalue weighted by Crippen LogP contribution is -2.38. The van der Waals surface area contributed by atoms with Crippen LogP contribution in [0.1, 0.15) is 0 Å². The predicted molar refractivity (Wildman–Crippen MR) is 214 cm³/mol. The maximum Gasteiger partial charge on any atom is 0.230 e. The summed E-state index contributed by atoms with van der Waals surface area (Å²) in [6, 6.07) is 13.7. The number of hydrogen-bond acceptors (Lipinski definition) is 14. The Hall–Kier alpha value is -5.46.